The summed E-state index contributed by atoms with van der Waals surface area (Å²) < 4.78 is 0. The highest BCUT2D eigenvalue weighted by atomic mass is 16.1. The number of hydrogen-bond acceptors (Lipinski definition) is 3. The van der Waals surface area contributed by atoms with Gasteiger partial charge in [0.15, 0.2) is 0 Å². The van der Waals surface area contributed by atoms with Gasteiger partial charge >= 0.3 is 0 Å². The molecule has 0 radical (unpaired) electrons. The largest absolute Gasteiger partial charge is 0.338 e. The zero-order valence-corrected chi connectivity index (χ0v) is 9.11. The van der Waals surface area contributed by atoms with Gasteiger partial charge in [0.1, 0.15) is 11.5 Å². The van der Waals surface area contributed by atoms with Crippen LogP contribution in [0.2, 0.25) is 0 Å². The number of aryl methyl sites for hydroxylation is 2. The summed E-state index contributed by atoms with van der Waals surface area (Å²) >= 11 is 0. The van der Waals surface area contributed by atoms with Crippen LogP contribution in [0.4, 0.5) is 5.69 Å². The predicted octanol–water partition coefficient (Wildman–Crippen LogP) is 1.67. The molecule has 0 saturated carbocycles. The number of rotatable bonds is 2. The van der Waals surface area contributed by atoms with Crippen LogP contribution in [0, 0.1) is 13.8 Å². The molecule has 0 saturated heterocycles. The maximum absolute atomic E-state index is 11.7. The molecule has 0 spiro atoms. The predicted molar refractivity (Wildman–Crippen MR) is 60.3 cm³/mol. The molecule has 0 aliphatic heterocycles. The third-order valence-electron chi connectivity index (χ3n) is 2.10. The molecule has 1 amide bonds. The van der Waals surface area contributed by atoms with E-state index in [9.17, 15) is 4.79 Å². The van der Waals surface area contributed by atoms with E-state index in [1.807, 2.05) is 6.92 Å². The summed E-state index contributed by atoms with van der Waals surface area (Å²) in [5, 5.41) is 2.76. The molecule has 0 aliphatic rings. The second kappa shape index (κ2) is 4.14. The fraction of sp³-hybridized carbons (Fsp3) is 0.182. The Balaban J connectivity index is 2.13. The Labute approximate surface area is 92.9 Å². The molecule has 0 fully saturated rings. The number of nitrogens with zero attached hydrogens (tertiary/aromatic N) is 2. The standard InChI is InChI=1S/C11H12N4O/c1-7-5-9(3-4-12-7)15-11(16)10-6-13-8(2)14-10/h3-6H,1-2H3,(H,13,14)(H,12,15,16). The number of amides is 1. The van der Waals surface area contributed by atoms with Crippen molar-refractivity contribution in [2.24, 2.45) is 0 Å². The minimum Gasteiger partial charge on any atom is -0.338 e. The Kier molecular flexibility index (Phi) is 2.68. The van der Waals surface area contributed by atoms with Crippen molar-refractivity contribution in [1.82, 2.24) is 15.0 Å². The smallest absolute Gasteiger partial charge is 0.273 e. The Bertz CT molecular complexity index is 518. The lowest BCUT2D eigenvalue weighted by Gasteiger charge is -2.03. The number of H-pyrrole nitrogens is 1. The van der Waals surface area contributed by atoms with Crippen LogP contribution >= 0.6 is 0 Å². The summed E-state index contributed by atoms with van der Waals surface area (Å²) in [6.07, 6.45) is 3.17. The van der Waals surface area contributed by atoms with Gasteiger partial charge in [-0.2, -0.15) is 0 Å². The molecule has 2 heterocycles. The van der Waals surface area contributed by atoms with Crippen LogP contribution in [-0.4, -0.2) is 20.9 Å². The zero-order valence-electron chi connectivity index (χ0n) is 9.11. The number of imidazole rings is 1. The van der Waals surface area contributed by atoms with Crippen LogP contribution < -0.4 is 5.32 Å². The van der Waals surface area contributed by atoms with Gasteiger partial charge in [-0.25, -0.2) is 4.98 Å². The summed E-state index contributed by atoms with van der Waals surface area (Å²) in [4.78, 5) is 22.6. The maximum atomic E-state index is 11.7. The fourth-order valence-corrected chi connectivity index (χ4v) is 1.36. The van der Waals surface area contributed by atoms with Gasteiger partial charge in [-0.15, -0.1) is 0 Å². The van der Waals surface area contributed by atoms with Crippen molar-refractivity contribution in [1.29, 1.82) is 0 Å². The lowest BCUT2D eigenvalue weighted by Crippen LogP contribution is -2.12. The Morgan fingerprint density at radius 2 is 2.19 bits per heavy atom. The highest BCUT2D eigenvalue weighted by Gasteiger charge is 2.08. The number of hydrogen-bond donors (Lipinski definition) is 2. The van der Waals surface area contributed by atoms with E-state index in [0.717, 1.165) is 17.2 Å². The summed E-state index contributed by atoms with van der Waals surface area (Å²) in [6.45, 7) is 3.67. The molecule has 2 rings (SSSR count). The summed E-state index contributed by atoms with van der Waals surface area (Å²) in [5.74, 6) is 0.516. The van der Waals surface area contributed by atoms with E-state index in [0.29, 0.717) is 5.69 Å². The molecule has 2 N–H and O–H groups in total. The van der Waals surface area contributed by atoms with Crippen LogP contribution in [0.15, 0.2) is 24.5 Å². The Hall–Kier alpha value is -2.17. The van der Waals surface area contributed by atoms with Gasteiger partial charge < -0.3 is 10.3 Å². The SMILES string of the molecule is Cc1cc(NC(=O)c2cnc(C)[nH]2)ccn1. The van der Waals surface area contributed by atoms with Gasteiger partial charge in [0, 0.05) is 17.6 Å². The Morgan fingerprint density at radius 3 is 2.81 bits per heavy atom. The lowest BCUT2D eigenvalue weighted by atomic mass is 10.3. The van der Waals surface area contributed by atoms with Gasteiger partial charge in [-0.3, -0.25) is 9.78 Å². The molecule has 16 heavy (non-hydrogen) atoms. The monoisotopic (exact) mass is 216 g/mol. The highest BCUT2D eigenvalue weighted by Crippen LogP contribution is 2.08. The number of aromatic amines is 1. The van der Waals surface area contributed by atoms with Gasteiger partial charge in [-0.05, 0) is 26.0 Å². The van der Waals surface area contributed by atoms with Gasteiger partial charge in [-0.1, -0.05) is 0 Å². The van der Waals surface area contributed by atoms with Crippen molar-refractivity contribution in [3.8, 4) is 0 Å². The average molecular weight is 216 g/mol. The van der Waals surface area contributed by atoms with Crippen LogP contribution in [0.5, 0.6) is 0 Å². The molecule has 5 nitrogen and oxygen atoms in total. The van der Waals surface area contributed by atoms with Crippen LogP contribution in [0.3, 0.4) is 0 Å². The molecule has 2 aromatic heterocycles. The summed E-state index contributed by atoms with van der Waals surface area (Å²) in [6, 6.07) is 3.55. The number of nitrogens with one attached hydrogen (secondary N) is 2. The molecule has 0 aromatic carbocycles. The summed E-state index contributed by atoms with van der Waals surface area (Å²) in [5.41, 5.74) is 2.04. The van der Waals surface area contributed by atoms with E-state index in [1.54, 1.807) is 25.3 Å². The van der Waals surface area contributed by atoms with Gasteiger partial charge in [0.05, 0.1) is 6.20 Å². The topological polar surface area (TPSA) is 70.7 Å². The third-order valence-corrected chi connectivity index (χ3v) is 2.10. The molecule has 0 unspecified atom stereocenters. The minimum atomic E-state index is -0.203. The Morgan fingerprint density at radius 1 is 1.38 bits per heavy atom. The number of pyridine rings is 1. The molecule has 0 bridgehead atoms. The zero-order chi connectivity index (χ0) is 11.5. The van der Waals surface area contributed by atoms with Gasteiger partial charge in [0.2, 0.25) is 0 Å². The van der Waals surface area contributed by atoms with Crippen LogP contribution in [0.1, 0.15) is 22.0 Å². The molecule has 2 aromatic rings. The minimum absolute atomic E-state index is 0.203. The average Bonchev–Trinajstić information content (AvgIpc) is 2.65. The van der Waals surface area contributed by atoms with Crippen LogP contribution in [-0.2, 0) is 0 Å². The van der Waals surface area contributed by atoms with E-state index in [2.05, 4.69) is 20.3 Å². The van der Waals surface area contributed by atoms with Crippen molar-refractivity contribution >= 4 is 11.6 Å². The van der Waals surface area contributed by atoms with Crippen molar-refractivity contribution < 1.29 is 4.79 Å². The first-order valence-electron chi connectivity index (χ1n) is 4.91. The van der Waals surface area contributed by atoms with E-state index in [-0.39, 0.29) is 5.91 Å². The molecule has 5 heteroatoms. The normalized spacial score (nSPS) is 10.1. The van der Waals surface area contributed by atoms with Crippen molar-refractivity contribution in [3.05, 3.63) is 41.7 Å². The number of aromatic nitrogens is 3. The van der Waals surface area contributed by atoms with E-state index < -0.39 is 0 Å². The highest BCUT2D eigenvalue weighted by molar-refractivity contribution is 6.02. The molecule has 0 atom stereocenters. The first-order chi connectivity index (χ1) is 7.65. The number of carbonyl (C=O) groups is 1. The second-order valence-electron chi connectivity index (χ2n) is 3.52. The van der Waals surface area contributed by atoms with Crippen molar-refractivity contribution in [2.45, 2.75) is 13.8 Å². The van der Waals surface area contributed by atoms with Gasteiger partial charge in [0.25, 0.3) is 5.91 Å². The number of carbonyl (C=O) groups excluding carboxylic acids is 1. The molecule has 82 valence electrons. The molecular weight excluding hydrogens is 204 g/mol. The lowest BCUT2D eigenvalue weighted by molar-refractivity contribution is 0.102. The quantitative estimate of drug-likeness (QED) is 0.802. The van der Waals surface area contributed by atoms with E-state index in [4.69, 9.17) is 0 Å². The first-order valence-corrected chi connectivity index (χ1v) is 4.91. The second-order valence-corrected chi connectivity index (χ2v) is 3.52. The molecular formula is C11H12N4O. The summed E-state index contributed by atoms with van der Waals surface area (Å²) in [7, 11) is 0. The first kappa shape index (κ1) is 10.4. The van der Waals surface area contributed by atoms with Crippen molar-refractivity contribution in [2.75, 3.05) is 5.32 Å². The van der Waals surface area contributed by atoms with E-state index in [1.165, 1.54) is 6.20 Å². The fourth-order valence-electron chi connectivity index (χ4n) is 1.36. The van der Waals surface area contributed by atoms with E-state index >= 15 is 0 Å². The number of anilines is 1. The molecule has 0 aliphatic carbocycles. The maximum Gasteiger partial charge on any atom is 0.273 e. The van der Waals surface area contributed by atoms with Crippen LogP contribution in [0.25, 0.3) is 0 Å². The third kappa shape index (κ3) is 2.25. The van der Waals surface area contributed by atoms with Crippen molar-refractivity contribution in [3.63, 3.8) is 0 Å².